The van der Waals surface area contributed by atoms with Crippen molar-refractivity contribution in [1.29, 1.82) is 0 Å². The van der Waals surface area contributed by atoms with Gasteiger partial charge in [0.25, 0.3) is 0 Å². The molecule has 0 aliphatic rings. The number of ether oxygens (including phenoxy) is 1. The Morgan fingerprint density at radius 1 is 0.967 bits per heavy atom. The van der Waals surface area contributed by atoms with Crippen LogP contribution in [-0.2, 0) is 9.53 Å². The van der Waals surface area contributed by atoms with Crippen molar-refractivity contribution in [3.05, 3.63) is 66.2 Å². The summed E-state index contributed by atoms with van der Waals surface area (Å²) in [6.45, 7) is 3.50. The van der Waals surface area contributed by atoms with Gasteiger partial charge in [0.2, 0.25) is 5.91 Å². The lowest BCUT2D eigenvalue weighted by atomic mass is 10.1. The van der Waals surface area contributed by atoms with E-state index in [2.05, 4.69) is 16.0 Å². The molecule has 3 rings (SSSR count). The van der Waals surface area contributed by atoms with Crippen molar-refractivity contribution < 1.29 is 14.3 Å². The van der Waals surface area contributed by atoms with Gasteiger partial charge in [0, 0.05) is 23.2 Å². The molecule has 0 bridgehead atoms. The number of hydrogen-bond donors (Lipinski definition) is 3. The van der Waals surface area contributed by atoms with E-state index in [9.17, 15) is 9.59 Å². The van der Waals surface area contributed by atoms with E-state index < -0.39 is 5.97 Å². The molecule has 1 amide bonds. The highest BCUT2D eigenvalue weighted by molar-refractivity contribution is 7.80. The van der Waals surface area contributed by atoms with E-state index in [1.807, 2.05) is 36.4 Å². The van der Waals surface area contributed by atoms with Crippen LogP contribution in [0.5, 0.6) is 0 Å². The number of thiophene rings is 1. The monoisotopic (exact) mass is 439 g/mol. The van der Waals surface area contributed by atoms with Crippen molar-refractivity contribution in [2.75, 3.05) is 22.6 Å². The van der Waals surface area contributed by atoms with Gasteiger partial charge in [-0.05, 0) is 49.0 Å². The van der Waals surface area contributed by atoms with Gasteiger partial charge in [-0.2, -0.15) is 0 Å². The number of rotatable bonds is 6. The maximum absolute atomic E-state index is 12.4. The Bertz CT molecular complexity index is 1060. The van der Waals surface area contributed by atoms with Crippen LogP contribution in [-0.4, -0.2) is 23.6 Å². The van der Waals surface area contributed by atoms with E-state index in [1.165, 1.54) is 18.3 Å². The standard InChI is InChI=1S/C22H21N3O3S2/c1-3-28-21(27)18-13-19(15-8-5-4-6-9-15)30-20(18)25-22(29)24-17-11-7-10-16(12-17)23-14(2)26/h4-13H,3H2,1-2H3,(H,23,26)(H2,24,25,29). The average Bonchev–Trinajstić information content (AvgIpc) is 3.12. The first kappa shape index (κ1) is 21.5. The Balaban J connectivity index is 1.80. The lowest BCUT2D eigenvalue weighted by Gasteiger charge is -2.12. The van der Waals surface area contributed by atoms with Crippen molar-refractivity contribution in [1.82, 2.24) is 0 Å². The number of anilines is 3. The van der Waals surface area contributed by atoms with Crippen LogP contribution in [0.2, 0.25) is 0 Å². The summed E-state index contributed by atoms with van der Waals surface area (Å²) in [7, 11) is 0. The lowest BCUT2D eigenvalue weighted by Crippen LogP contribution is -2.20. The first-order valence-electron chi connectivity index (χ1n) is 9.28. The van der Waals surface area contributed by atoms with Crippen molar-refractivity contribution in [2.45, 2.75) is 13.8 Å². The van der Waals surface area contributed by atoms with Crippen molar-refractivity contribution >= 4 is 56.9 Å². The van der Waals surface area contributed by atoms with Gasteiger partial charge in [-0.1, -0.05) is 36.4 Å². The van der Waals surface area contributed by atoms with E-state index in [0.29, 0.717) is 27.1 Å². The smallest absolute Gasteiger partial charge is 0.341 e. The van der Waals surface area contributed by atoms with Crippen LogP contribution >= 0.6 is 23.6 Å². The van der Waals surface area contributed by atoms with E-state index in [1.54, 1.807) is 31.2 Å². The number of benzene rings is 2. The highest BCUT2D eigenvalue weighted by atomic mass is 32.1. The van der Waals surface area contributed by atoms with E-state index >= 15 is 0 Å². The molecule has 0 atom stereocenters. The highest BCUT2D eigenvalue weighted by Crippen LogP contribution is 2.36. The Morgan fingerprint density at radius 3 is 2.33 bits per heavy atom. The molecule has 0 spiro atoms. The first-order chi connectivity index (χ1) is 14.5. The highest BCUT2D eigenvalue weighted by Gasteiger charge is 2.19. The van der Waals surface area contributed by atoms with Gasteiger partial charge in [0.05, 0.1) is 12.2 Å². The summed E-state index contributed by atoms with van der Waals surface area (Å²) in [6, 6.07) is 18.8. The van der Waals surface area contributed by atoms with Gasteiger partial charge in [-0.3, -0.25) is 4.79 Å². The minimum absolute atomic E-state index is 0.154. The third kappa shape index (κ3) is 5.65. The lowest BCUT2D eigenvalue weighted by molar-refractivity contribution is -0.114. The molecule has 0 saturated carbocycles. The van der Waals surface area contributed by atoms with E-state index in [-0.39, 0.29) is 12.5 Å². The summed E-state index contributed by atoms with van der Waals surface area (Å²) in [5.74, 6) is -0.562. The van der Waals surface area contributed by atoms with E-state index in [0.717, 1.165) is 10.4 Å². The molecule has 0 saturated heterocycles. The number of hydrogen-bond acceptors (Lipinski definition) is 5. The molecular weight excluding hydrogens is 418 g/mol. The molecule has 30 heavy (non-hydrogen) atoms. The van der Waals surface area contributed by atoms with E-state index in [4.69, 9.17) is 17.0 Å². The summed E-state index contributed by atoms with van der Waals surface area (Å²) >= 11 is 6.85. The minimum Gasteiger partial charge on any atom is -0.462 e. The van der Waals surface area contributed by atoms with Crippen LogP contribution in [0.4, 0.5) is 16.4 Å². The average molecular weight is 440 g/mol. The van der Waals surface area contributed by atoms with Crippen molar-refractivity contribution in [2.24, 2.45) is 0 Å². The Morgan fingerprint density at radius 2 is 1.67 bits per heavy atom. The zero-order valence-corrected chi connectivity index (χ0v) is 18.2. The van der Waals surface area contributed by atoms with Gasteiger partial charge < -0.3 is 20.7 Å². The molecule has 1 heterocycles. The number of carbonyl (C=O) groups is 2. The second kappa shape index (κ2) is 10.00. The van der Waals surface area contributed by atoms with Gasteiger partial charge in [0.15, 0.2) is 5.11 Å². The SMILES string of the molecule is CCOC(=O)c1cc(-c2ccccc2)sc1NC(=S)Nc1cccc(NC(C)=O)c1. The molecular formula is C22H21N3O3S2. The predicted molar refractivity (Wildman–Crippen MR) is 126 cm³/mol. The summed E-state index contributed by atoms with van der Waals surface area (Å²) in [5.41, 5.74) is 2.79. The van der Waals surface area contributed by atoms with Gasteiger partial charge in [-0.25, -0.2) is 4.79 Å². The number of thiocarbonyl (C=S) groups is 1. The minimum atomic E-state index is -0.408. The fourth-order valence-corrected chi connectivity index (χ4v) is 4.07. The molecule has 0 radical (unpaired) electrons. The maximum Gasteiger partial charge on any atom is 0.341 e. The van der Waals surface area contributed by atoms with Crippen LogP contribution in [0.25, 0.3) is 10.4 Å². The summed E-state index contributed by atoms with van der Waals surface area (Å²) in [6.07, 6.45) is 0. The molecule has 6 nitrogen and oxygen atoms in total. The van der Waals surface area contributed by atoms with Crippen LogP contribution in [0.15, 0.2) is 60.7 Å². The van der Waals surface area contributed by atoms with Crippen LogP contribution < -0.4 is 16.0 Å². The second-order valence-electron chi connectivity index (χ2n) is 6.28. The number of esters is 1. The zero-order valence-electron chi connectivity index (χ0n) is 16.5. The number of nitrogens with one attached hydrogen (secondary N) is 3. The fraction of sp³-hybridized carbons (Fsp3) is 0.136. The molecule has 0 aliphatic heterocycles. The Labute approximate surface area is 184 Å². The zero-order chi connectivity index (χ0) is 21.5. The quantitative estimate of drug-likeness (QED) is 0.354. The predicted octanol–water partition coefficient (Wildman–Crippen LogP) is 5.36. The number of carbonyl (C=O) groups excluding carboxylic acids is 2. The van der Waals surface area contributed by atoms with Crippen molar-refractivity contribution in [3.63, 3.8) is 0 Å². The van der Waals surface area contributed by atoms with Crippen molar-refractivity contribution in [3.8, 4) is 10.4 Å². The maximum atomic E-state index is 12.4. The van der Waals surface area contributed by atoms with Crippen LogP contribution in [0, 0.1) is 0 Å². The Kier molecular flexibility index (Phi) is 7.16. The molecule has 154 valence electrons. The summed E-state index contributed by atoms with van der Waals surface area (Å²) < 4.78 is 5.19. The first-order valence-corrected chi connectivity index (χ1v) is 10.5. The third-order valence-corrected chi connectivity index (χ3v) is 5.26. The second-order valence-corrected chi connectivity index (χ2v) is 7.74. The van der Waals surface area contributed by atoms with Gasteiger partial charge in [0.1, 0.15) is 5.00 Å². The van der Waals surface area contributed by atoms with Crippen LogP contribution in [0.1, 0.15) is 24.2 Å². The van der Waals surface area contributed by atoms with Gasteiger partial charge in [-0.15, -0.1) is 11.3 Å². The summed E-state index contributed by atoms with van der Waals surface area (Å²) in [5, 5.41) is 9.82. The molecule has 2 aromatic carbocycles. The molecule has 1 aromatic heterocycles. The molecule has 0 unspecified atom stereocenters. The van der Waals surface area contributed by atoms with Crippen LogP contribution in [0.3, 0.4) is 0 Å². The topological polar surface area (TPSA) is 79.5 Å². The number of amides is 1. The Hall–Kier alpha value is -3.23. The molecule has 0 aliphatic carbocycles. The molecule has 3 aromatic rings. The normalized spacial score (nSPS) is 10.2. The molecule has 8 heteroatoms. The van der Waals surface area contributed by atoms with Gasteiger partial charge >= 0.3 is 5.97 Å². The molecule has 0 fully saturated rings. The largest absolute Gasteiger partial charge is 0.462 e. The molecule has 3 N–H and O–H groups in total. The summed E-state index contributed by atoms with van der Waals surface area (Å²) in [4.78, 5) is 24.6. The third-order valence-electron chi connectivity index (χ3n) is 3.95. The fourth-order valence-electron chi connectivity index (χ4n) is 2.73.